The van der Waals surface area contributed by atoms with Gasteiger partial charge in [0.05, 0.1) is 5.69 Å². The number of benzene rings is 1. The second-order valence-corrected chi connectivity index (χ2v) is 3.76. The summed E-state index contributed by atoms with van der Waals surface area (Å²) in [6.07, 6.45) is 3.08. The van der Waals surface area contributed by atoms with E-state index >= 15 is 0 Å². The fraction of sp³-hybridized carbons (Fsp3) is 0.231. The number of para-hydroxylation sites is 1. The smallest absolute Gasteiger partial charge is 0.217 e. The molecule has 92 valence electrons. The summed E-state index contributed by atoms with van der Waals surface area (Å²) in [5.41, 5.74) is 1.18. The monoisotopic (exact) mass is 244 g/mol. The van der Waals surface area contributed by atoms with Crippen molar-refractivity contribution in [3.8, 4) is 11.8 Å². The summed E-state index contributed by atoms with van der Waals surface area (Å²) in [6, 6.07) is 6.83. The molecule has 0 saturated carbocycles. The molecule has 0 atom stereocenters. The Morgan fingerprint density at radius 3 is 3.06 bits per heavy atom. The van der Waals surface area contributed by atoms with E-state index in [2.05, 4.69) is 10.3 Å². The van der Waals surface area contributed by atoms with Gasteiger partial charge in [-0.25, -0.2) is 9.37 Å². The maximum atomic E-state index is 14.0. The minimum Gasteiger partial charge on any atom is -0.313 e. The van der Waals surface area contributed by atoms with Crippen molar-refractivity contribution in [1.82, 2.24) is 14.9 Å². The molecule has 0 fully saturated rings. The lowest BCUT2D eigenvalue weighted by molar-refractivity contribution is 0.610. The molecule has 0 unspecified atom stereocenters. The highest BCUT2D eigenvalue weighted by Gasteiger charge is 2.13. The van der Waals surface area contributed by atoms with Crippen LogP contribution in [0.1, 0.15) is 18.3 Å². The highest BCUT2D eigenvalue weighted by Crippen LogP contribution is 2.20. The van der Waals surface area contributed by atoms with Gasteiger partial charge in [0.2, 0.25) is 5.82 Å². The zero-order chi connectivity index (χ0) is 13.0. The van der Waals surface area contributed by atoms with Crippen LogP contribution in [0.2, 0.25) is 0 Å². The summed E-state index contributed by atoms with van der Waals surface area (Å²) in [7, 11) is 0. The van der Waals surface area contributed by atoms with Crippen LogP contribution in [0, 0.1) is 17.1 Å². The molecule has 2 rings (SSSR count). The molecule has 0 aliphatic heterocycles. The molecule has 18 heavy (non-hydrogen) atoms. The van der Waals surface area contributed by atoms with Crippen LogP contribution < -0.4 is 5.32 Å². The molecule has 2 aromatic rings. The molecule has 1 heterocycles. The van der Waals surface area contributed by atoms with Gasteiger partial charge in [0.15, 0.2) is 0 Å². The van der Waals surface area contributed by atoms with E-state index in [0.717, 1.165) is 12.1 Å². The standard InChI is InChI=1S/C13H13FN4/c1-2-16-9-10-4-3-5-11(14)13(10)18-7-6-17-12(18)8-15/h3-7,16H,2,9H2,1H3. The fourth-order valence-electron chi connectivity index (χ4n) is 1.80. The lowest BCUT2D eigenvalue weighted by Crippen LogP contribution is -2.15. The van der Waals surface area contributed by atoms with Gasteiger partial charge >= 0.3 is 0 Å². The third-order valence-electron chi connectivity index (χ3n) is 2.62. The van der Waals surface area contributed by atoms with Crippen LogP contribution >= 0.6 is 0 Å². The molecule has 0 bridgehead atoms. The maximum absolute atomic E-state index is 14.0. The minimum absolute atomic E-state index is 0.179. The summed E-state index contributed by atoms with van der Waals surface area (Å²) < 4.78 is 15.4. The number of nitriles is 1. The molecule has 1 N–H and O–H groups in total. The van der Waals surface area contributed by atoms with Gasteiger partial charge in [-0.05, 0) is 18.2 Å². The van der Waals surface area contributed by atoms with Gasteiger partial charge in [-0.2, -0.15) is 5.26 Å². The second kappa shape index (κ2) is 5.43. The van der Waals surface area contributed by atoms with E-state index < -0.39 is 0 Å². The van der Waals surface area contributed by atoms with Gasteiger partial charge < -0.3 is 5.32 Å². The first kappa shape index (κ1) is 12.3. The van der Waals surface area contributed by atoms with Gasteiger partial charge in [-0.3, -0.25) is 4.57 Å². The largest absolute Gasteiger partial charge is 0.313 e. The number of hydrogen-bond acceptors (Lipinski definition) is 3. The topological polar surface area (TPSA) is 53.6 Å². The molecular formula is C13H13FN4. The molecule has 5 heteroatoms. The average molecular weight is 244 g/mol. The summed E-state index contributed by atoms with van der Waals surface area (Å²) in [6.45, 7) is 3.33. The van der Waals surface area contributed by atoms with Crippen LogP contribution in [0.25, 0.3) is 5.69 Å². The van der Waals surface area contributed by atoms with Crippen molar-refractivity contribution < 1.29 is 4.39 Å². The zero-order valence-electron chi connectivity index (χ0n) is 10.0. The predicted octanol–water partition coefficient (Wildman–Crippen LogP) is 1.99. The zero-order valence-corrected chi connectivity index (χ0v) is 10.0. The molecule has 0 aliphatic carbocycles. The van der Waals surface area contributed by atoms with Crippen LogP contribution in [0.4, 0.5) is 4.39 Å². The van der Waals surface area contributed by atoms with Gasteiger partial charge in [-0.15, -0.1) is 0 Å². The molecule has 0 aliphatic rings. The number of halogens is 1. The number of rotatable bonds is 4. The Labute approximate surface area is 105 Å². The fourth-order valence-corrected chi connectivity index (χ4v) is 1.80. The Balaban J connectivity index is 2.52. The van der Waals surface area contributed by atoms with E-state index in [4.69, 9.17) is 5.26 Å². The molecular weight excluding hydrogens is 231 g/mol. The number of nitrogens with zero attached hydrogens (tertiary/aromatic N) is 3. The van der Waals surface area contributed by atoms with Crippen molar-refractivity contribution in [2.24, 2.45) is 0 Å². The molecule has 0 saturated heterocycles. The van der Waals surface area contributed by atoms with Crippen molar-refractivity contribution >= 4 is 0 Å². The van der Waals surface area contributed by atoms with Crippen molar-refractivity contribution in [1.29, 1.82) is 5.26 Å². The lowest BCUT2D eigenvalue weighted by Gasteiger charge is -2.12. The Kier molecular flexibility index (Phi) is 3.70. The summed E-state index contributed by atoms with van der Waals surface area (Å²) in [4.78, 5) is 3.89. The SMILES string of the molecule is CCNCc1cccc(F)c1-n1ccnc1C#N. The average Bonchev–Trinajstić information content (AvgIpc) is 2.84. The Bertz CT molecular complexity index is 583. The first-order valence-electron chi connectivity index (χ1n) is 5.69. The maximum Gasteiger partial charge on any atom is 0.217 e. The first-order chi connectivity index (χ1) is 8.77. The van der Waals surface area contributed by atoms with Crippen LogP contribution in [0.5, 0.6) is 0 Å². The van der Waals surface area contributed by atoms with E-state index in [1.165, 1.54) is 16.8 Å². The molecule has 0 spiro atoms. The Morgan fingerprint density at radius 2 is 2.33 bits per heavy atom. The van der Waals surface area contributed by atoms with Crippen molar-refractivity contribution in [3.63, 3.8) is 0 Å². The molecule has 4 nitrogen and oxygen atoms in total. The number of hydrogen-bond donors (Lipinski definition) is 1. The number of imidazole rings is 1. The van der Waals surface area contributed by atoms with E-state index in [9.17, 15) is 4.39 Å². The van der Waals surface area contributed by atoms with E-state index in [1.807, 2.05) is 19.1 Å². The lowest BCUT2D eigenvalue weighted by atomic mass is 10.1. The summed E-state index contributed by atoms with van der Waals surface area (Å²) in [5, 5.41) is 12.1. The third kappa shape index (κ3) is 2.24. The predicted molar refractivity (Wildman–Crippen MR) is 65.6 cm³/mol. The van der Waals surface area contributed by atoms with Crippen LogP contribution in [-0.4, -0.2) is 16.1 Å². The van der Waals surface area contributed by atoms with E-state index in [-0.39, 0.29) is 11.6 Å². The Hall–Kier alpha value is -2.19. The van der Waals surface area contributed by atoms with Crippen LogP contribution in [0.15, 0.2) is 30.6 Å². The van der Waals surface area contributed by atoms with E-state index in [1.54, 1.807) is 12.3 Å². The highest BCUT2D eigenvalue weighted by molar-refractivity contribution is 5.44. The number of nitrogens with one attached hydrogen (secondary N) is 1. The first-order valence-corrected chi connectivity index (χ1v) is 5.69. The quantitative estimate of drug-likeness (QED) is 0.894. The summed E-state index contributed by atoms with van der Waals surface area (Å²) >= 11 is 0. The van der Waals surface area contributed by atoms with Crippen LogP contribution in [0.3, 0.4) is 0 Å². The van der Waals surface area contributed by atoms with Crippen LogP contribution in [-0.2, 0) is 6.54 Å². The second-order valence-electron chi connectivity index (χ2n) is 3.76. The van der Waals surface area contributed by atoms with Crippen molar-refractivity contribution in [2.75, 3.05) is 6.54 Å². The molecule has 0 radical (unpaired) electrons. The molecule has 1 aromatic heterocycles. The van der Waals surface area contributed by atoms with Crippen molar-refractivity contribution in [3.05, 3.63) is 47.8 Å². The highest BCUT2D eigenvalue weighted by atomic mass is 19.1. The van der Waals surface area contributed by atoms with Crippen molar-refractivity contribution in [2.45, 2.75) is 13.5 Å². The van der Waals surface area contributed by atoms with Gasteiger partial charge in [-0.1, -0.05) is 19.1 Å². The summed E-state index contributed by atoms with van der Waals surface area (Å²) in [5.74, 6) is -0.183. The molecule has 0 amide bonds. The third-order valence-corrected chi connectivity index (χ3v) is 2.62. The number of aromatic nitrogens is 2. The molecule has 1 aromatic carbocycles. The van der Waals surface area contributed by atoms with Gasteiger partial charge in [0.25, 0.3) is 0 Å². The Morgan fingerprint density at radius 1 is 1.50 bits per heavy atom. The minimum atomic E-state index is -0.361. The normalized spacial score (nSPS) is 10.3. The van der Waals surface area contributed by atoms with Gasteiger partial charge in [0, 0.05) is 18.9 Å². The van der Waals surface area contributed by atoms with E-state index in [0.29, 0.717) is 12.2 Å². The van der Waals surface area contributed by atoms with Gasteiger partial charge in [0.1, 0.15) is 11.9 Å².